The normalized spacial score (nSPS) is 10.5. The first kappa shape index (κ1) is 17.7. The number of carbonyl (C=O) groups is 2. The van der Waals surface area contributed by atoms with Crippen LogP contribution in [0.1, 0.15) is 34.6 Å². The van der Waals surface area contributed by atoms with Crippen LogP contribution in [-0.2, 0) is 9.47 Å². The molecule has 4 heteroatoms. The van der Waals surface area contributed by atoms with Gasteiger partial charge in [-0.1, -0.05) is 60.7 Å². The average molecular weight is 348 g/mol. The molecule has 0 N–H and O–H groups in total. The fourth-order valence-corrected chi connectivity index (χ4v) is 3.10. The molecular formula is C22H20O4. The van der Waals surface area contributed by atoms with Gasteiger partial charge in [0.2, 0.25) is 0 Å². The van der Waals surface area contributed by atoms with Gasteiger partial charge in [0, 0.05) is 5.56 Å². The van der Waals surface area contributed by atoms with Crippen LogP contribution < -0.4 is 0 Å². The van der Waals surface area contributed by atoms with Gasteiger partial charge in [-0.25, -0.2) is 9.59 Å². The third kappa shape index (κ3) is 3.18. The lowest BCUT2D eigenvalue weighted by atomic mass is 10.00. The van der Waals surface area contributed by atoms with Crippen LogP contribution in [0, 0.1) is 0 Å². The average Bonchev–Trinajstić information content (AvgIpc) is 2.79. The molecule has 26 heavy (non-hydrogen) atoms. The fraction of sp³-hybridized carbons (Fsp3) is 0.182. The van der Waals surface area contributed by atoms with Crippen molar-refractivity contribution in [1.82, 2.24) is 0 Å². The summed E-state index contributed by atoms with van der Waals surface area (Å²) in [6, 6.07) is 18.6. The van der Waals surface area contributed by atoms with Crippen molar-refractivity contribution in [3.8, 4) is 22.3 Å². The van der Waals surface area contributed by atoms with E-state index in [1.54, 1.807) is 13.8 Å². The topological polar surface area (TPSA) is 52.6 Å². The summed E-state index contributed by atoms with van der Waals surface area (Å²) >= 11 is 0. The monoisotopic (exact) mass is 348 g/mol. The van der Waals surface area contributed by atoms with Gasteiger partial charge in [-0.15, -0.1) is 0 Å². The van der Waals surface area contributed by atoms with E-state index < -0.39 is 11.9 Å². The number of carbonyl (C=O) groups excluding carboxylic acids is 2. The predicted octanol–water partition coefficient (Wildman–Crippen LogP) is 4.81. The Labute approximate surface area is 152 Å². The molecule has 0 saturated heterocycles. The van der Waals surface area contributed by atoms with Crippen molar-refractivity contribution < 1.29 is 19.1 Å². The highest BCUT2D eigenvalue weighted by atomic mass is 16.5. The maximum Gasteiger partial charge on any atom is 0.339 e. The maximum absolute atomic E-state index is 12.8. The van der Waals surface area contributed by atoms with Crippen LogP contribution in [-0.4, -0.2) is 25.2 Å². The van der Waals surface area contributed by atoms with Crippen LogP contribution in [0.2, 0.25) is 0 Å². The second-order valence-corrected chi connectivity index (χ2v) is 5.67. The first-order chi connectivity index (χ1) is 12.7. The molecule has 1 aromatic carbocycles. The van der Waals surface area contributed by atoms with Gasteiger partial charge in [-0.2, -0.15) is 0 Å². The first-order valence-corrected chi connectivity index (χ1v) is 8.63. The summed E-state index contributed by atoms with van der Waals surface area (Å²) in [6.45, 7) is 4.04. The van der Waals surface area contributed by atoms with Gasteiger partial charge in [-0.05, 0) is 30.5 Å². The summed E-state index contributed by atoms with van der Waals surface area (Å²) in [7, 11) is 0. The van der Waals surface area contributed by atoms with Crippen LogP contribution in [0.15, 0.2) is 60.7 Å². The zero-order chi connectivity index (χ0) is 18.5. The summed E-state index contributed by atoms with van der Waals surface area (Å²) < 4.78 is 10.6. The van der Waals surface area contributed by atoms with Gasteiger partial charge >= 0.3 is 11.9 Å². The molecule has 0 aliphatic heterocycles. The number of rotatable bonds is 5. The van der Waals surface area contributed by atoms with Crippen molar-refractivity contribution in [2.24, 2.45) is 0 Å². The molecule has 0 spiro atoms. The molecule has 0 bridgehead atoms. The number of fused-ring (bicyclic) bond motifs is 1. The van der Waals surface area contributed by atoms with Crippen molar-refractivity contribution in [3.05, 3.63) is 71.8 Å². The van der Waals surface area contributed by atoms with Crippen LogP contribution in [0.3, 0.4) is 0 Å². The molecule has 0 atom stereocenters. The highest BCUT2D eigenvalue weighted by molar-refractivity contribution is 6.16. The second-order valence-electron chi connectivity index (χ2n) is 5.67. The molecule has 0 heterocycles. The number of hydrogen-bond donors (Lipinski definition) is 0. The van der Waals surface area contributed by atoms with Crippen molar-refractivity contribution in [2.45, 2.75) is 13.8 Å². The predicted molar refractivity (Wildman–Crippen MR) is 100 cm³/mol. The quantitative estimate of drug-likeness (QED) is 0.621. The highest BCUT2D eigenvalue weighted by Gasteiger charge is 2.32. The Kier molecular flexibility index (Phi) is 5.32. The lowest BCUT2D eigenvalue weighted by molar-refractivity contribution is 0.0525. The molecule has 0 fully saturated rings. The molecule has 0 aromatic heterocycles. The number of benzene rings is 1. The van der Waals surface area contributed by atoms with E-state index in [2.05, 4.69) is 0 Å². The van der Waals surface area contributed by atoms with Gasteiger partial charge in [0.25, 0.3) is 0 Å². The van der Waals surface area contributed by atoms with Crippen LogP contribution in [0.5, 0.6) is 0 Å². The Bertz CT molecular complexity index is 847. The SMILES string of the molecule is CCOC(=O)c1c2cccccc-2c(C(=O)OCC)c1-c1ccccc1. The minimum atomic E-state index is -0.446. The van der Waals surface area contributed by atoms with Crippen LogP contribution in [0.25, 0.3) is 22.3 Å². The molecule has 132 valence electrons. The molecule has 0 saturated carbocycles. The highest BCUT2D eigenvalue weighted by Crippen LogP contribution is 2.43. The Balaban J connectivity index is 2.40. The first-order valence-electron chi connectivity index (χ1n) is 8.63. The molecule has 2 aliphatic carbocycles. The van der Waals surface area contributed by atoms with Crippen molar-refractivity contribution >= 4 is 11.9 Å². The van der Waals surface area contributed by atoms with Gasteiger partial charge in [0.05, 0.1) is 24.3 Å². The van der Waals surface area contributed by atoms with E-state index in [0.29, 0.717) is 27.8 Å². The number of hydrogen-bond acceptors (Lipinski definition) is 4. The van der Waals surface area contributed by atoms with Gasteiger partial charge in [-0.3, -0.25) is 0 Å². The third-order valence-corrected chi connectivity index (χ3v) is 4.10. The molecule has 0 amide bonds. The van der Waals surface area contributed by atoms with Gasteiger partial charge < -0.3 is 9.47 Å². The molecule has 0 unspecified atom stereocenters. The molecule has 2 aliphatic rings. The number of ether oxygens (including phenoxy) is 2. The Morgan fingerprint density at radius 1 is 0.692 bits per heavy atom. The van der Waals surface area contributed by atoms with Gasteiger partial charge in [0.15, 0.2) is 0 Å². The fourth-order valence-electron chi connectivity index (χ4n) is 3.10. The van der Waals surface area contributed by atoms with E-state index in [0.717, 1.165) is 5.56 Å². The molecular weight excluding hydrogens is 328 g/mol. The lowest BCUT2D eigenvalue weighted by Gasteiger charge is -2.08. The van der Waals surface area contributed by atoms with Crippen molar-refractivity contribution in [2.75, 3.05) is 13.2 Å². The summed E-state index contributed by atoms with van der Waals surface area (Å²) in [5, 5.41) is 0. The Morgan fingerprint density at radius 3 is 1.54 bits per heavy atom. The minimum Gasteiger partial charge on any atom is -0.462 e. The van der Waals surface area contributed by atoms with E-state index in [1.165, 1.54) is 0 Å². The smallest absolute Gasteiger partial charge is 0.339 e. The Morgan fingerprint density at radius 2 is 1.12 bits per heavy atom. The Hall–Kier alpha value is -3.14. The molecule has 0 radical (unpaired) electrons. The molecule has 3 rings (SSSR count). The van der Waals surface area contributed by atoms with E-state index in [9.17, 15) is 9.59 Å². The van der Waals surface area contributed by atoms with Gasteiger partial charge in [0.1, 0.15) is 0 Å². The molecule has 4 nitrogen and oxygen atoms in total. The molecule has 1 aromatic rings. The summed E-state index contributed by atoms with van der Waals surface area (Å²) in [5.41, 5.74) is 3.48. The van der Waals surface area contributed by atoms with E-state index in [-0.39, 0.29) is 13.2 Å². The van der Waals surface area contributed by atoms with Crippen LogP contribution in [0.4, 0.5) is 0 Å². The lowest BCUT2D eigenvalue weighted by Crippen LogP contribution is -2.08. The zero-order valence-corrected chi connectivity index (χ0v) is 14.8. The van der Waals surface area contributed by atoms with E-state index >= 15 is 0 Å². The third-order valence-electron chi connectivity index (χ3n) is 4.10. The summed E-state index contributed by atoms with van der Waals surface area (Å²) in [4.78, 5) is 25.5. The largest absolute Gasteiger partial charge is 0.462 e. The van der Waals surface area contributed by atoms with E-state index in [4.69, 9.17) is 9.47 Å². The minimum absolute atomic E-state index is 0.257. The standard InChI is InChI=1S/C22H20O4/c1-3-25-21(23)19-16-13-9-6-10-14-17(16)20(22(24)26-4-2)18(19)15-11-7-5-8-12-15/h5-14H,3-4H2,1-2H3. The maximum atomic E-state index is 12.8. The van der Waals surface area contributed by atoms with E-state index in [1.807, 2.05) is 60.7 Å². The van der Waals surface area contributed by atoms with Crippen molar-refractivity contribution in [1.29, 1.82) is 0 Å². The number of esters is 2. The second kappa shape index (κ2) is 7.83. The zero-order valence-electron chi connectivity index (χ0n) is 14.8. The van der Waals surface area contributed by atoms with Crippen molar-refractivity contribution in [3.63, 3.8) is 0 Å². The van der Waals surface area contributed by atoms with Crippen LogP contribution >= 0.6 is 0 Å². The summed E-state index contributed by atoms with van der Waals surface area (Å²) in [6.07, 6.45) is 0. The summed E-state index contributed by atoms with van der Waals surface area (Å²) in [5.74, 6) is -0.892.